The fraction of sp³-hybridized carbons (Fsp3) is 0.385. The van der Waals surface area contributed by atoms with Gasteiger partial charge in [0, 0.05) is 54.7 Å². The molecule has 1 fully saturated rings. The molecular formula is C26H31ClFN7O3S. The number of nitrogens with one attached hydrogen (secondary N) is 3. The number of benzene rings is 1. The lowest BCUT2D eigenvalue weighted by Gasteiger charge is -2.41. The number of hydrogen-bond acceptors (Lipinski definition) is 8. The molecule has 0 aliphatic carbocycles. The third kappa shape index (κ3) is 7.20. The number of piperidine rings is 1. The minimum Gasteiger partial charge on any atom is -0.336 e. The van der Waals surface area contributed by atoms with Crippen LogP contribution in [0.2, 0.25) is 5.02 Å². The Hall–Kier alpha value is -3.35. The number of hydrogen-bond donors (Lipinski definition) is 3. The van der Waals surface area contributed by atoms with Gasteiger partial charge in [-0.25, -0.2) is 22.8 Å². The van der Waals surface area contributed by atoms with Crippen molar-refractivity contribution in [1.82, 2.24) is 24.5 Å². The Kier molecular flexibility index (Phi) is 8.67. The monoisotopic (exact) mass is 575 g/mol. The summed E-state index contributed by atoms with van der Waals surface area (Å²) in [6.45, 7) is 5.65. The van der Waals surface area contributed by atoms with Gasteiger partial charge in [0.25, 0.3) is 5.91 Å². The number of nitrogens with zero attached hydrogens (tertiary/aromatic N) is 4. The number of anilines is 2. The van der Waals surface area contributed by atoms with Crippen LogP contribution in [0.25, 0.3) is 0 Å². The summed E-state index contributed by atoms with van der Waals surface area (Å²) in [6.07, 6.45) is 8.79. The summed E-state index contributed by atoms with van der Waals surface area (Å²) in [4.78, 5) is 26.5. The summed E-state index contributed by atoms with van der Waals surface area (Å²) in [5.74, 6) is -0.696. The number of rotatable bonds is 7. The number of amides is 1. The highest BCUT2D eigenvalue weighted by atomic mass is 35.5. The number of amidine groups is 1. The molecule has 1 amide bonds. The maximum Gasteiger partial charge on any atom is 0.254 e. The van der Waals surface area contributed by atoms with E-state index in [-0.39, 0.29) is 34.4 Å². The van der Waals surface area contributed by atoms with Crippen molar-refractivity contribution in [1.29, 1.82) is 5.41 Å². The second-order valence-electron chi connectivity index (χ2n) is 9.74. The molecule has 10 nitrogen and oxygen atoms in total. The first kappa shape index (κ1) is 28.7. The second-order valence-corrected chi connectivity index (χ2v) is 11.9. The Morgan fingerprint density at radius 2 is 2.08 bits per heavy atom. The Labute approximate surface area is 232 Å². The van der Waals surface area contributed by atoms with Crippen molar-refractivity contribution in [3.8, 4) is 0 Å². The predicted molar refractivity (Wildman–Crippen MR) is 149 cm³/mol. The van der Waals surface area contributed by atoms with E-state index in [1.165, 1.54) is 18.2 Å². The summed E-state index contributed by atoms with van der Waals surface area (Å²) >= 11 is 5.87. The summed E-state index contributed by atoms with van der Waals surface area (Å²) in [5, 5.41) is 11.0. The van der Waals surface area contributed by atoms with Gasteiger partial charge in [0.2, 0.25) is 16.0 Å². The van der Waals surface area contributed by atoms with Gasteiger partial charge >= 0.3 is 0 Å². The molecule has 39 heavy (non-hydrogen) atoms. The first-order valence-corrected chi connectivity index (χ1v) is 14.7. The van der Waals surface area contributed by atoms with E-state index < -0.39 is 15.8 Å². The molecule has 1 saturated heterocycles. The lowest BCUT2D eigenvalue weighted by molar-refractivity contribution is -0.131. The minimum atomic E-state index is -3.61. The van der Waals surface area contributed by atoms with Gasteiger partial charge in [-0.2, -0.15) is 0 Å². The number of carbonyl (C=O) groups excluding carboxylic acids is 1. The van der Waals surface area contributed by atoms with Crippen LogP contribution in [0.1, 0.15) is 37.9 Å². The van der Waals surface area contributed by atoms with Crippen LogP contribution in [0.15, 0.2) is 48.2 Å². The smallest absolute Gasteiger partial charge is 0.254 e. The molecule has 1 aromatic carbocycles. The molecule has 0 spiro atoms. The molecule has 1 aromatic heterocycles. The van der Waals surface area contributed by atoms with Crippen LogP contribution in [0.4, 0.5) is 16.0 Å². The third-order valence-corrected chi connectivity index (χ3v) is 7.55. The molecule has 3 heterocycles. The average Bonchev–Trinajstić information content (AvgIpc) is 3.28. The normalized spacial score (nSPS) is 20.2. The first-order chi connectivity index (χ1) is 18.4. The summed E-state index contributed by atoms with van der Waals surface area (Å²) in [6, 6.07) is 4.52. The number of carbonyl (C=O) groups is 1. The fourth-order valence-corrected chi connectivity index (χ4v) is 5.53. The molecule has 13 heteroatoms. The standard InChI is InChI=1S/C26H31ClFN7O3S/c1-4-5-17(11-24(29)33-39(3,37)38)25(36)35-9-8-20(10-16(35)2)34-14-18-13-30-26(32-23(18)15-34)31-19-6-7-22(28)21(27)12-19/h4-7,11-13,16,20H,8-10,14-15H2,1-3H3,(H2,29,33)(H,30,31,32)/b5-4-,17-11+/t16-,20-/m1/s1. The van der Waals surface area contributed by atoms with E-state index in [1.807, 2.05) is 6.92 Å². The molecule has 208 valence electrons. The Morgan fingerprint density at radius 1 is 1.31 bits per heavy atom. The Balaban J connectivity index is 1.39. The number of aromatic nitrogens is 2. The van der Waals surface area contributed by atoms with Crippen LogP contribution in [-0.2, 0) is 27.9 Å². The molecule has 3 N–H and O–H groups in total. The third-order valence-electron chi connectivity index (χ3n) is 6.67. The zero-order valence-corrected chi connectivity index (χ0v) is 23.5. The SMILES string of the molecule is C/C=C\C(=C/C(=N)NS(C)(=O)=O)C(=O)N1CC[C@@H](N2Cc3cnc(Nc4ccc(F)c(Cl)c4)nc3C2)C[C@H]1C. The number of fused-ring (bicyclic) bond motifs is 1. The van der Waals surface area contributed by atoms with Gasteiger partial charge in [0.15, 0.2) is 0 Å². The average molecular weight is 576 g/mol. The van der Waals surface area contributed by atoms with Crippen LogP contribution in [0.3, 0.4) is 0 Å². The highest BCUT2D eigenvalue weighted by molar-refractivity contribution is 7.89. The van der Waals surface area contributed by atoms with Gasteiger partial charge in [-0.3, -0.25) is 19.8 Å². The van der Waals surface area contributed by atoms with Gasteiger partial charge in [0.05, 0.1) is 17.0 Å². The first-order valence-electron chi connectivity index (χ1n) is 12.5. The van der Waals surface area contributed by atoms with Gasteiger partial charge in [-0.15, -0.1) is 0 Å². The van der Waals surface area contributed by atoms with Crippen molar-refractivity contribution in [2.75, 3.05) is 18.1 Å². The van der Waals surface area contributed by atoms with Crippen molar-refractivity contribution in [2.24, 2.45) is 0 Å². The fourth-order valence-electron chi connectivity index (χ4n) is 4.89. The van der Waals surface area contributed by atoms with Crippen LogP contribution < -0.4 is 10.0 Å². The van der Waals surface area contributed by atoms with Crippen LogP contribution in [0.5, 0.6) is 0 Å². The molecule has 0 bridgehead atoms. The van der Waals surface area contributed by atoms with Gasteiger partial charge in [-0.05, 0) is 51.0 Å². The van der Waals surface area contributed by atoms with E-state index in [0.717, 1.165) is 30.4 Å². The largest absolute Gasteiger partial charge is 0.336 e. The number of halogens is 2. The summed E-state index contributed by atoms with van der Waals surface area (Å²) in [7, 11) is -3.61. The predicted octanol–water partition coefficient (Wildman–Crippen LogP) is 3.74. The second kappa shape index (κ2) is 11.8. The molecule has 2 aliphatic rings. The van der Waals surface area contributed by atoms with Gasteiger partial charge in [-0.1, -0.05) is 23.8 Å². The Morgan fingerprint density at radius 3 is 2.74 bits per heavy atom. The zero-order valence-electron chi connectivity index (χ0n) is 21.9. The molecule has 0 saturated carbocycles. The van der Waals surface area contributed by atoms with Crippen LogP contribution >= 0.6 is 11.6 Å². The summed E-state index contributed by atoms with van der Waals surface area (Å²) in [5.41, 5.74) is 2.80. The quantitative estimate of drug-likeness (QED) is 0.198. The molecule has 0 radical (unpaired) electrons. The van der Waals surface area contributed by atoms with Crippen molar-refractivity contribution in [3.05, 3.63) is 70.3 Å². The van der Waals surface area contributed by atoms with E-state index in [0.29, 0.717) is 31.3 Å². The molecule has 2 atom stereocenters. The van der Waals surface area contributed by atoms with E-state index in [4.69, 9.17) is 17.0 Å². The lowest BCUT2D eigenvalue weighted by Crippen LogP contribution is -2.50. The molecule has 2 aromatic rings. The number of likely N-dealkylation sites (tertiary alicyclic amines) is 1. The zero-order chi connectivity index (χ0) is 28.3. The van der Waals surface area contributed by atoms with Crippen molar-refractivity contribution in [3.63, 3.8) is 0 Å². The highest BCUT2D eigenvalue weighted by Gasteiger charge is 2.35. The lowest BCUT2D eigenvalue weighted by atomic mass is 9.96. The topological polar surface area (TPSA) is 131 Å². The van der Waals surface area contributed by atoms with Crippen molar-refractivity contribution >= 4 is 45.0 Å². The number of sulfonamides is 1. The molecule has 4 rings (SSSR count). The van der Waals surface area contributed by atoms with Gasteiger partial charge < -0.3 is 10.2 Å². The van der Waals surface area contributed by atoms with Gasteiger partial charge in [0.1, 0.15) is 11.7 Å². The van der Waals surface area contributed by atoms with Crippen molar-refractivity contribution < 1.29 is 17.6 Å². The summed E-state index contributed by atoms with van der Waals surface area (Å²) < 4.78 is 38.4. The minimum absolute atomic E-state index is 0.0171. The van der Waals surface area contributed by atoms with Crippen LogP contribution in [0, 0.1) is 11.2 Å². The highest BCUT2D eigenvalue weighted by Crippen LogP contribution is 2.31. The van der Waals surface area contributed by atoms with Crippen molar-refractivity contribution in [2.45, 2.75) is 51.9 Å². The molecule has 0 unspecified atom stereocenters. The number of allylic oxidation sites excluding steroid dienone is 1. The maximum atomic E-state index is 13.5. The van der Waals surface area contributed by atoms with E-state index in [9.17, 15) is 17.6 Å². The van der Waals surface area contributed by atoms with Crippen LogP contribution in [-0.4, -0.2) is 64.8 Å². The van der Waals surface area contributed by atoms with E-state index in [1.54, 1.807) is 36.2 Å². The van der Waals surface area contributed by atoms with E-state index in [2.05, 4.69) is 24.9 Å². The van der Waals surface area contributed by atoms with E-state index >= 15 is 0 Å². The molecule has 2 aliphatic heterocycles. The molecular weight excluding hydrogens is 545 g/mol. The maximum absolute atomic E-state index is 13.5. The Bertz CT molecular complexity index is 1450.